The number of nitrogens with zero attached hydrogens (tertiary/aromatic N) is 3. The van der Waals surface area contributed by atoms with Crippen LogP contribution in [0.3, 0.4) is 0 Å². The van der Waals surface area contributed by atoms with Gasteiger partial charge in [-0.1, -0.05) is 11.6 Å². The molecule has 1 amide bonds. The zero-order valence-electron chi connectivity index (χ0n) is 12.0. The minimum atomic E-state index is -0.503. The van der Waals surface area contributed by atoms with Crippen molar-refractivity contribution in [3.63, 3.8) is 0 Å². The first kappa shape index (κ1) is 15.0. The Kier molecular flexibility index (Phi) is 4.37. The summed E-state index contributed by atoms with van der Waals surface area (Å²) in [6.45, 7) is 1.92. The number of hydrogen-bond acceptors (Lipinski definition) is 5. The molecule has 1 aromatic heterocycles. The molecule has 8 heteroatoms. The second-order valence-corrected chi connectivity index (χ2v) is 5.56. The summed E-state index contributed by atoms with van der Waals surface area (Å²) in [5.74, 6) is 0.550. The van der Waals surface area contributed by atoms with Crippen molar-refractivity contribution in [1.82, 2.24) is 20.1 Å². The third kappa shape index (κ3) is 3.44. The number of rotatable bonds is 3. The number of anilines is 1. The Labute approximate surface area is 132 Å². The lowest BCUT2D eigenvalue weighted by Gasteiger charge is -2.28. The van der Waals surface area contributed by atoms with Crippen LogP contribution in [0.2, 0.25) is 5.02 Å². The van der Waals surface area contributed by atoms with Gasteiger partial charge in [0, 0.05) is 23.7 Å². The Morgan fingerprint density at radius 3 is 2.95 bits per heavy atom. The summed E-state index contributed by atoms with van der Waals surface area (Å²) in [5.41, 5.74) is 0.839. The standard InChI is InChI=1S/C14H16ClN5O2/c1-20-6-7-22-11(8-20)13(21)17-14-16-12(18-19-14)9-2-4-10(15)5-3-9/h2-5,11H,6-8H2,1H3,(H2,16,17,18,19,21)/t11-/m1/s1. The van der Waals surface area contributed by atoms with E-state index in [1.54, 1.807) is 12.1 Å². The minimum Gasteiger partial charge on any atom is -0.366 e. The number of carbonyl (C=O) groups is 1. The van der Waals surface area contributed by atoms with E-state index >= 15 is 0 Å². The number of benzene rings is 1. The van der Waals surface area contributed by atoms with Crippen LogP contribution in [0.1, 0.15) is 0 Å². The van der Waals surface area contributed by atoms with E-state index in [4.69, 9.17) is 16.3 Å². The first-order valence-electron chi connectivity index (χ1n) is 6.91. The largest absolute Gasteiger partial charge is 0.366 e. The molecule has 0 aliphatic carbocycles. The van der Waals surface area contributed by atoms with Crippen molar-refractivity contribution < 1.29 is 9.53 Å². The molecule has 0 spiro atoms. The molecule has 1 saturated heterocycles. The van der Waals surface area contributed by atoms with Gasteiger partial charge in [-0.15, -0.1) is 5.10 Å². The molecule has 1 aromatic carbocycles. The maximum absolute atomic E-state index is 12.1. The van der Waals surface area contributed by atoms with Crippen molar-refractivity contribution in [2.75, 3.05) is 32.1 Å². The van der Waals surface area contributed by atoms with E-state index in [9.17, 15) is 4.79 Å². The van der Waals surface area contributed by atoms with Gasteiger partial charge in [0.2, 0.25) is 5.95 Å². The highest BCUT2D eigenvalue weighted by molar-refractivity contribution is 6.30. The topological polar surface area (TPSA) is 83.1 Å². The molecule has 3 rings (SSSR count). The van der Waals surface area contributed by atoms with Gasteiger partial charge in [0.15, 0.2) is 5.82 Å². The van der Waals surface area contributed by atoms with Crippen molar-refractivity contribution in [2.24, 2.45) is 0 Å². The number of carbonyl (C=O) groups excluding carboxylic acids is 1. The Morgan fingerprint density at radius 1 is 1.45 bits per heavy atom. The summed E-state index contributed by atoms with van der Waals surface area (Å²) in [7, 11) is 1.95. The van der Waals surface area contributed by atoms with Crippen molar-refractivity contribution >= 4 is 23.5 Å². The second-order valence-electron chi connectivity index (χ2n) is 5.13. The first-order chi connectivity index (χ1) is 10.6. The second kappa shape index (κ2) is 6.43. The molecule has 0 unspecified atom stereocenters. The fraction of sp³-hybridized carbons (Fsp3) is 0.357. The van der Waals surface area contributed by atoms with Crippen LogP contribution in [0.4, 0.5) is 5.95 Å². The van der Waals surface area contributed by atoms with Gasteiger partial charge in [0.1, 0.15) is 6.10 Å². The predicted octanol–water partition coefficient (Wildman–Crippen LogP) is 1.39. The monoisotopic (exact) mass is 321 g/mol. The van der Waals surface area contributed by atoms with Crippen LogP contribution in [-0.2, 0) is 9.53 Å². The molecule has 116 valence electrons. The zero-order chi connectivity index (χ0) is 15.5. The molecule has 0 radical (unpaired) electrons. The molecule has 1 aliphatic heterocycles. The van der Waals surface area contributed by atoms with Gasteiger partial charge >= 0.3 is 0 Å². The highest BCUT2D eigenvalue weighted by Crippen LogP contribution is 2.18. The number of aromatic amines is 1. The number of H-pyrrole nitrogens is 1. The maximum Gasteiger partial charge on any atom is 0.257 e. The molecule has 2 N–H and O–H groups in total. The average molecular weight is 322 g/mol. The molecule has 7 nitrogen and oxygen atoms in total. The van der Waals surface area contributed by atoms with Crippen LogP contribution in [0.25, 0.3) is 11.4 Å². The Morgan fingerprint density at radius 2 is 2.23 bits per heavy atom. The average Bonchev–Trinajstić information content (AvgIpc) is 2.96. The molecular formula is C14H16ClN5O2. The quantitative estimate of drug-likeness (QED) is 0.892. The molecule has 22 heavy (non-hydrogen) atoms. The van der Waals surface area contributed by atoms with Crippen molar-refractivity contribution in [1.29, 1.82) is 0 Å². The number of ether oxygens (including phenoxy) is 1. The predicted molar refractivity (Wildman–Crippen MR) is 82.7 cm³/mol. The van der Waals surface area contributed by atoms with Gasteiger partial charge in [0.05, 0.1) is 6.61 Å². The minimum absolute atomic E-state index is 0.228. The van der Waals surface area contributed by atoms with Gasteiger partial charge < -0.3 is 9.64 Å². The van der Waals surface area contributed by atoms with E-state index < -0.39 is 6.10 Å². The van der Waals surface area contributed by atoms with Gasteiger partial charge in [-0.3, -0.25) is 15.2 Å². The fourth-order valence-corrected chi connectivity index (χ4v) is 2.31. The summed E-state index contributed by atoms with van der Waals surface area (Å²) < 4.78 is 5.45. The van der Waals surface area contributed by atoms with Crippen LogP contribution >= 0.6 is 11.6 Å². The van der Waals surface area contributed by atoms with E-state index in [0.29, 0.717) is 24.0 Å². The van der Waals surface area contributed by atoms with Crippen molar-refractivity contribution in [3.8, 4) is 11.4 Å². The van der Waals surface area contributed by atoms with Crippen LogP contribution < -0.4 is 5.32 Å². The number of nitrogens with one attached hydrogen (secondary N) is 2. The number of likely N-dealkylation sites (N-methyl/N-ethyl adjacent to an activating group) is 1. The number of halogens is 1. The Hall–Kier alpha value is -1.96. The third-order valence-corrected chi connectivity index (χ3v) is 3.65. The molecule has 2 heterocycles. The summed E-state index contributed by atoms with van der Waals surface area (Å²) in [6.07, 6.45) is -0.503. The summed E-state index contributed by atoms with van der Waals surface area (Å²) in [4.78, 5) is 18.4. The van der Waals surface area contributed by atoms with Gasteiger partial charge in [-0.2, -0.15) is 4.98 Å². The Balaban J connectivity index is 1.66. The van der Waals surface area contributed by atoms with E-state index in [1.807, 2.05) is 24.1 Å². The highest BCUT2D eigenvalue weighted by atomic mass is 35.5. The van der Waals surface area contributed by atoms with Crippen molar-refractivity contribution in [3.05, 3.63) is 29.3 Å². The highest BCUT2D eigenvalue weighted by Gasteiger charge is 2.25. The Bertz CT molecular complexity index is 658. The number of hydrogen-bond donors (Lipinski definition) is 2. The lowest BCUT2D eigenvalue weighted by Crippen LogP contribution is -2.46. The molecule has 0 bridgehead atoms. The molecule has 1 fully saturated rings. The first-order valence-corrected chi connectivity index (χ1v) is 7.29. The smallest absolute Gasteiger partial charge is 0.257 e. The summed E-state index contributed by atoms with van der Waals surface area (Å²) >= 11 is 5.85. The van der Waals surface area contributed by atoms with Gasteiger partial charge in [-0.05, 0) is 31.3 Å². The van der Waals surface area contributed by atoms with Crippen LogP contribution in [0.15, 0.2) is 24.3 Å². The molecular weight excluding hydrogens is 306 g/mol. The summed E-state index contributed by atoms with van der Waals surface area (Å²) in [5, 5.41) is 10.1. The van der Waals surface area contributed by atoms with Crippen LogP contribution in [0, 0.1) is 0 Å². The third-order valence-electron chi connectivity index (χ3n) is 3.40. The van der Waals surface area contributed by atoms with Crippen molar-refractivity contribution in [2.45, 2.75) is 6.10 Å². The number of morpholine rings is 1. The normalized spacial score (nSPS) is 19.1. The van der Waals surface area contributed by atoms with Gasteiger partial charge in [0.25, 0.3) is 5.91 Å². The van der Waals surface area contributed by atoms with E-state index in [-0.39, 0.29) is 11.9 Å². The fourth-order valence-electron chi connectivity index (χ4n) is 2.18. The SMILES string of the molecule is CN1CCO[C@@H](C(=O)Nc2n[nH]c(-c3ccc(Cl)cc3)n2)C1. The number of aromatic nitrogens is 3. The van der Waals surface area contributed by atoms with E-state index in [0.717, 1.165) is 12.1 Å². The lowest BCUT2D eigenvalue weighted by atomic mass is 10.2. The molecule has 1 aliphatic rings. The van der Waals surface area contributed by atoms with Crippen LogP contribution in [-0.4, -0.2) is 58.8 Å². The molecule has 0 saturated carbocycles. The van der Waals surface area contributed by atoms with Gasteiger partial charge in [-0.25, -0.2) is 0 Å². The number of amides is 1. The van der Waals surface area contributed by atoms with E-state index in [1.165, 1.54) is 0 Å². The van der Waals surface area contributed by atoms with E-state index in [2.05, 4.69) is 20.5 Å². The summed E-state index contributed by atoms with van der Waals surface area (Å²) in [6, 6.07) is 7.19. The maximum atomic E-state index is 12.1. The lowest BCUT2D eigenvalue weighted by molar-refractivity contribution is -0.132. The molecule has 1 atom stereocenters. The molecule has 2 aromatic rings. The van der Waals surface area contributed by atoms with Crippen LogP contribution in [0.5, 0.6) is 0 Å². The zero-order valence-corrected chi connectivity index (χ0v) is 12.8.